The van der Waals surface area contributed by atoms with Crippen LogP contribution in [0.5, 0.6) is 0 Å². The fourth-order valence-electron chi connectivity index (χ4n) is 3.94. The summed E-state index contributed by atoms with van der Waals surface area (Å²) in [6, 6.07) is 4.11. The van der Waals surface area contributed by atoms with Crippen molar-refractivity contribution in [2.24, 2.45) is 5.41 Å². The second-order valence-electron chi connectivity index (χ2n) is 9.34. The van der Waals surface area contributed by atoms with Crippen molar-refractivity contribution in [3.8, 4) is 0 Å². The van der Waals surface area contributed by atoms with Crippen molar-refractivity contribution in [3.05, 3.63) is 46.2 Å². The minimum absolute atomic E-state index is 0.169. The number of alkyl halides is 9. The van der Waals surface area contributed by atoms with Gasteiger partial charge in [-0.1, -0.05) is 0 Å². The van der Waals surface area contributed by atoms with Gasteiger partial charge < -0.3 is 20.2 Å². The zero-order valence-electron chi connectivity index (χ0n) is 22.9. The highest BCUT2D eigenvalue weighted by atomic mass is 32.1. The molecule has 1 unspecified atom stereocenters. The van der Waals surface area contributed by atoms with Crippen LogP contribution in [0.2, 0.25) is 0 Å². The van der Waals surface area contributed by atoms with Crippen molar-refractivity contribution in [2.75, 3.05) is 19.6 Å². The Morgan fingerprint density at radius 3 is 1.69 bits per heavy atom. The SMILES string of the molecule is Cc1nc(CN2CCC3(CCN(Cc4ccncc4)C3)C2=O)cs1.O=C(O)C(F)(F)F.O=C(O)C(F)(F)F.O=C(O)C(F)(F)F. The number of halogens is 9. The summed E-state index contributed by atoms with van der Waals surface area (Å²) in [5.41, 5.74) is 2.12. The van der Waals surface area contributed by atoms with Crippen LogP contribution in [0.4, 0.5) is 39.5 Å². The summed E-state index contributed by atoms with van der Waals surface area (Å²) in [5.74, 6) is -7.95. The molecule has 2 fully saturated rings. The number of hydrogen-bond donors (Lipinski definition) is 3. The van der Waals surface area contributed by atoms with Gasteiger partial charge in [0.05, 0.1) is 22.7 Å². The summed E-state index contributed by atoms with van der Waals surface area (Å²) >= 11 is 1.65. The summed E-state index contributed by atoms with van der Waals surface area (Å²) in [7, 11) is 0. The average Bonchev–Trinajstić information content (AvgIpc) is 3.60. The minimum Gasteiger partial charge on any atom is -0.475 e. The Bertz CT molecular complexity index is 1250. The van der Waals surface area contributed by atoms with Crippen LogP contribution in [0.25, 0.3) is 0 Å². The van der Waals surface area contributed by atoms with Crippen LogP contribution < -0.4 is 0 Å². The topological polar surface area (TPSA) is 161 Å². The van der Waals surface area contributed by atoms with Gasteiger partial charge in [-0.05, 0) is 44.0 Å². The maximum Gasteiger partial charge on any atom is 0.490 e. The highest BCUT2D eigenvalue weighted by Gasteiger charge is 2.50. The third kappa shape index (κ3) is 13.3. The van der Waals surface area contributed by atoms with E-state index in [1.807, 2.05) is 24.2 Å². The number of carbonyl (C=O) groups excluding carboxylic acids is 1. The fraction of sp³-hybridized carbons (Fsp3) is 0.500. The van der Waals surface area contributed by atoms with Gasteiger partial charge >= 0.3 is 36.4 Å². The lowest BCUT2D eigenvalue weighted by Crippen LogP contribution is -2.36. The second kappa shape index (κ2) is 15.8. The molecule has 21 heteroatoms. The Morgan fingerprint density at radius 1 is 0.844 bits per heavy atom. The maximum atomic E-state index is 13.0. The van der Waals surface area contributed by atoms with Gasteiger partial charge in [0.25, 0.3) is 0 Å². The number of nitrogens with zero attached hydrogens (tertiary/aromatic N) is 4. The number of aryl methyl sites for hydroxylation is 1. The van der Waals surface area contributed by atoms with Crippen LogP contribution in [0.15, 0.2) is 29.9 Å². The molecule has 4 rings (SSSR count). The maximum absolute atomic E-state index is 13.0. The molecule has 45 heavy (non-hydrogen) atoms. The van der Waals surface area contributed by atoms with Crippen LogP contribution in [0.3, 0.4) is 0 Å². The van der Waals surface area contributed by atoms with E-state index in [1.165, 1.54) is 5.56 Å². The van der Waals surface area contributed by atoms with E-state index in [0.29, 0.717) is 12.5 Å². The molecule has 2 aliphatic rings. The number of aliphatic carboxylic acids is 3. The van der Waals surface area contributed by atoms with E-state index in [2.05, 4.69) is 32.4 Å². The van der Waals surface area contributed by atoms with E-state index in [-0.39, 0.29) is 5.41 Å². The number of carboxylic acids is 3. The van der Waals surface area contributed by atoms with Gasteiger partial charge in [0.2, 0.25) is 5.91 Å². The third-order valence-corrected chi connectivity index (χ3v) is 6.76. The van der Waals surface area contributed by atoms with E-state index in [9.17, 15) is 44.3 Å². The molecule has 1 amide bonds. The first-order valence-electron chi connectivity index (χ1n) is 12.2. The van der Waals surface area contributed by atoms with E-state index >= 15 is 0 Å². The number of thiazole rings is 1. The number of aromatic nitrogens is 2. The van der Waals surface area contributed by atoms with Gasteiger partial charge in [0.1, 0.15) is 0 Å². The smallest absolute Gasteiger partial charge is 0.475 e. The van der Waals surface area contributed by atoms with Crippen LogP contribution in [-0.4, -0.2) is 97.1 Å². The number of carbonyl (C=O) groups is 4. The summed E-state index contributed by atoms with van der Waals surface area (Å²) in [6.45, 7) is 6.31. The number of hydrogen-bond acceptors (Lipinski definition) is 8. The normalized spacial score (nSPS) is 18.3. The van der Waals surface area contributed by atoms with Gasteiger partial charge in [-0.3, -0.25) is 14.7 Å². The molecule has 0 saturated carbocycles. The Balaban J connectivity index is 0.000000396. The van der Waals surface area contributed by atoms with Crippen molar-refractivity contribution < 1.29 is 74.0 Å². The lowest BCUT2D eigenvalue weighted by atomic mass is 9.85. The van der Waals surface area contributed by atoms with Gasteiger partial charge in [0.15, 0.2) is 0 Å². The molecule has 0 aliphatic carbocycles. The van der Waals surface area contributed by atoms with Crippen molar-refractivity contribution >= 4 is 35.2 Å². The fourth-order valence-corrected chi connectivity index (χ4v) is 4.54. The average molecular weight is 685 g/mol. The predicted octanol–water partition coefficient (Wildman–Crippen LogP) is 4.37. The molecule has 4 heterocycles. The molecule has 2 saturated heterocycles. The quantitative estimate of drug-likeness (QED) is 0.395. The lowest BCUT2D eigenvalue weighted by molar-refractivity contribution is -0.193. The van der Waals surface area contributed by atoms with Gasteiger partial charge in [-0.2, -0.15) is 39.5 Å². The second-order valence-corrected chi connectivity index (χ2v) is 10.4. The zero-order valence-corrected chi connectivity index (χ0v) is 23.7. The number of pyridine rings is 1. The first-order valence-corrected chi connectivity index (χ1v) is 13.1. The zero-order chi connectivity index (χ0) is 34.8. The van der Waals surface area contributed by atoms with Gasteiger partial charge in [0, 0.05) is 37.4 Å². The van der Waals surface area contributed by atoms with E-state index in [0.717, 1.165) is 49.7 Å². The Morgan fingerprint density at radius 2 is 1.29 bits per heavy atom. The van der Waals surface area contributed by atoms with Crippen LogP contribution in [0.1, 0.15) is 29.1 Å². The molecular formula is C24H25F9N4O7S. The predicted molar refractivity (Wildman–Crippen MR) is 135 cm³/mol. The summed E-state index contributed by atoms with van der Waals surface area (Å²) < 4.78 is 95.2. The van der Waals surface area contributed by atoms with Crippen molar-refractivity contribution in [1.29, 1.82) is 0 Å². The first kappa shape index (κ1) is 39.0. The third-order valence-electron chi connectivity index (χ3n) is 5.94. The molecule has 0 aromatic carbocycles. The molecule has 1 atom stereocenters. The number of carboxylic acid groups (broad SMARTS) is 3. The minimum atomic E-state index is -5.08. The summed E-state index contributed by atoms with van der Waals surface area (Å²) in [5, 5.41) is 24.5. The molecule has 2 aliphatic heterocycles. The molecule has 2 aromatic heterocycles. The molecule has 1 spiro atoms. The molecule has 0 radical (unpaired) electrons. The Hall–Kier alpha value is -4.01. The Kier molecular flexibility index (Phi) is 13.7. The molecule has 0 bridgehead atoms. The lowest BCUT2D eigenvalue weighted by Gasteiger charge is -2.23. The summed E-state index contributed by atoms with van der Waals surface area (Å²) in [6.07, 6.45) is -9.63. The largest absolute Gasteiger partial charge is 0.490 e. The van der Waals surface area contributed by atoms with E-state index < -0.39 is 36.4 Å². The van der Waals surface area contributed by atoms with E-state index in [4.69, 9.17) is 29.7 Å². The number of amides is 1. The van der Waals surface area contributed by atoms with Crippen molar-refractivity contribution in [3.63, 3.8) is 0 Å². The Labute approximate surface area is 251 Å². The number of rotatable bonds is 4. The van der Waals surface area contributed by atoms with Crippen molar-refractivity contribution in [1.82, 2.24) is 19.8 Å². The van der Waals surface area contributed by atoms with Gasteiger partial charge in [-0.25, -0.2) is 19.4 Å². The van der Waals surface area contributed by atoms with Crippen LogP contribution >= 0.6 is 11.3 Å². The standard InChI is InChI=1S/C18H22N4OS.3C2HF3O2/c1-14-20-16(12-24-14)11-22-9-5-18(17(22)23)4-8-21(13-18)10-15-2-6-19-7-3-15;3*3-2(4,5)1(6)7/h2-3,6-7,12H,4-5,8-11,13H2,1H3;3*(H,6,7). The first-order chi connectivity index (χ1) is 20.5. The molecule has 11 nitrogen and oxygen atoms in total. The molecule has 2 aromatic rings. The summed E-state index contributed by atoms with van der Waals surface area (Å²) in [4.78, 5) is 52.7. The molecular weight excluding hydrogens is 659 g/mol. The highest BCUT2D eigenvalue weighted by Crippen LogP contribution is 2.41. The highest BCUT2D eigenvalue weighted by molar-refractivity contribution is 7.09. The number of likely N-dealkylation sites (tertiary alicyclic amines) is 2. The van der Waals surface area contributed by atoms with E-state index in [1.54, 1.807) is 11.3 Å². The molecule has 252 valence electrons. The van der Waals surface area contributed by atoms with Crippen molar-refractivity contribution in [2.45, 2.75) is 51.4 Å². The van der Waals surface area contributed by atoms with Gasteiger partial charge in [-0.15, -0.1) is 11.3 Å². The van der Waals surface area contributed by atoms with Crippen LogP contribution in [-0.2, 0) is 32.3 Å². The monoisotopic (exact) mass is 684 g/mol. The molecule has 3 N–H and O–H groups in total. The van der Waals surface area contributed by atoms with Crippen LogP contribution in [0, 0.1) is 12.3 Å².